The standard InChI is InChI=1S/C43H38O13.C6H6O/c1-4-49-35-20-21-37(39(25-35)41(46)47)42(48)55-33-16-12-31(13-17-33)52-27-43(2,3)28-53-32-14-18-34(19-15-32)56-54-26-29-10-11-36(24-38(29)40(44)45)51-23-22-50-30-8-6-5-7-9-30;7-6-4-2-1-3-5-6/h1,5-21,24-25H,22-23,26-28H2,2-3H3,(H,44,45)(H,46,47);1-5,7H. The molecule has 0 radical (unpaired) electrons. The SMILES string of the molecule is C#COc1ccc(C(=O)Oc2ccc(OCC(C)(C)COc3ccc(OOCc4ccc(OCCOc5ccccc5)cc4C(=O)O)cc3)cc2)c(C(=O)O)c1.Oc1ccccc1. The lowest BCUT2D eigenvalue weighted by Crippen LogP contribution is -2.28. The third kappa shape index (κ3) is 15.1. The summed E-state index contributed by atoms with van der Waals surface area (Å²) in [5.74, 6) is -0.120. The number of carbonyl (C=O) groups is 3. The third-order valence-electron chi connectivity index (χ3n) is 8.54. The molecule has 0 unspecified atom stereocenters. The molecule has 6 aromatic carbocycles. The molecular weight excluding hydrogens is 813 g/mol. The molecule has 6 rings (SSSR count). The average Bonchev–Trinajstić information content (AvgIpc) is 3.28. The van der Waals surface area contributed by atoms with Gasteiger partial charge < -0.3 is 48.6 Å². The fourth-order valence-electron chi connectivity index (χ4n) is 5.36. The van der Waals surface area contributed by atoms with Crippen LogP contribution in [0.2, 0.25) is 0 Å². The van der Waals surface area contributed by atoms with Gasteiger partial charge in [0.25, 0.3) is 0 Å². The summed E-state index contributed by atoms with van der Waals surface area (Å²) in [5.41, 5.74) is -0.464. The highest BCUT2D eigenvalue weighted by Gasteiger charge is 2.22. The topological polar surface area (TPSA) is 186 Å². The van der Waals surface area contributed by atoms with E-state index < -0.39 is 23.3 Å². The first-order valence-electron chi connectivity index (χ1n) is 19.3. The molecular formula is C49H44O14. The molecule has 0 saturated heterocycles. The zero-order chi connectivity index (χ0) is 45.0. The lowest BCUT2D eigenvalue weighted by molar-refractivity contribution is -0.217. The maximum absolute atomic E-state index is 12.7. The first-order valence-corrected chi connectivity index (χ1v) is 19.3. The van der Waals surface area contributed by atoms with Crippen molar-refractivity contribution in [1.29, 1.82) is 0 Å². The van der Waals surface area contributed by atoms with E-state index in [2.05, 4.69) is 0 Å². The Hall–Kier alpha value is -8.15. The van der Waals surface area contributed by atoms with E-state index >= 15 is 0 Å². The van der Waals surface area contributed by atoms with Crippen LogP contribution >= 0.6 is 0 Å². The Bertz CT molecular complexity index is 2440. The van der Waals surface area contributed by atoms with Crippen molar-refractivity contribution in [2.75, 3.05) is 26.4 Å². The number of phenolic OH excluding ortho intramolecular Hbond substituents is 1. The Kier molecular flexibility index (Phi) is 16.8. The molecule has 0 aromatic heterocycles. The molecule has 63 heavy (non-hydrogen) atoms. The summed E-state index contributed by atoms with van der Waals surface area (Å²) < 4.78 is 33.4. The molecule has 0 aliphatic heterocycles. The summed E-state index contributed by atoms with van der Waals surface area (Å²) >= 11 is 0. The Balaban J connectivity index is 0.000000971. The number of ether oxygens (including phenoxy) is 6. The zero-order valence-electron chi connectivity index (χ0n) is 34.3. The lowest BCUT2D eigenvalue weighted by atomic mass is 9.96. The number of carbonyl (C=O) groups excluding carboxylic acids is 1. The molecule has 0 fully saturated rings. The number of carboxylic acid groups (broad SMARTS) is 2. The number of rotatable bonds is 20. The molecule has 14 heteroatoms. The number of aromatic carboxylic acids is 2. The molecule has 0 atom stereocenters. The van der Waals surface area contributed by atoms with E-state index in [0.717, 1.165) is 6.07 Å². The van der Waals surface area contributed by atoms with Gasteiger partial charge in [-0.05, 0) is 109 Å². The van der Waals surface area contributed by atoms with Gasteiger partial charge in [-0.3, -0.25) is 0 Å². The van der Waals surface area contributed by atoms with Crippen LogP contribution in [-0.4, -0.2) is 59.7 Å². The van der Waals surface area contributed by atoms with E-state index in [1.54, 1.807) is 72.8 Å². The monoisotopic (exact) mass is 856 g/mol. The summed E-state index contributed by atoms with van der Waals surface area (Å²) in [4.78, 5) is 47.0. The van der Waals surface area contributed by atoms with Crippen LogP contribution in [0.4, 0.5) is 0 Å². The fraction of sp³-hybridized carbons (Fsp3) is 0.163. The molecule has 0 bridgehead atoms. The number of phenols is 1. The Labute approximate surface area is 363 Å². The molecule has 0 amide bonds. The smallest absolute Gasteiger partial charge is 0.344 e. The maximum atomic E-state index is 12.7. The van der Waals surface area contributed by atoms with E-state index in [1.807, 2.05) is 56.4 Å². The van der Waals surface area contributed by atoms with Gasteiger partial charge in [0.2, 0.25) is 0 Å². The van der Waals surface area contributed by atoms with Gasteiger partial charge >= 0.3 is 17.9 Å². The number of para-hydroxylation sites is 2. The number of esters is 1. The first-order chi connectivity index (χ1) is 30.4. The van der Waals surface area contributed by atoms with Gasteiger partial charge in [0.05, 0.1) is 29.9 Å². The van der Waals surface area contributed by atoms with Gasteiger partial charge in [0.15, 0.2) is 5.75 Å². The summed E-state index contributed by atoms with van der Waals surface area (Å²) in [6.45, 7) is 4.96. The van der Waals surface area contributed by atoms with Crippen LogP contribution in [0, 0.1) is 17.9 Å². The second-order valence-corrected chi connectivity index (χ2v) is 14.1. The molecule has 0 aliphatic carbocycles. The predicted molar refractivity (Wildman–Crippen MR) is 230 cm³/mol. The Morgan fingerprint density at radius 2 is 1.05 bits per heavy atom. The summed E-state index contributed by atoms with van der Waals surface area (Å²) in [6.07, 6.45) is 7.04. The highest BCUT2D eigenvalue weighted by molar-refractivity contribution is 6.03. The molecule has 0 saturated carbocycles. The van der Waals surface area contributed by atoms with Crippen LogP contribution in [-0.2, 0) is 11.5 Å². The van der Waals surface area contributed by atoms with E-state index in [1.165, 1.54) is 30.3 Å². The van der Waals surface area contributed by atoms with Crippen molar-refractivity contribution in [3.63, 3.8) is 0 Å². The second kappa shape index (κ2) is 23.0. The number of terminal acetylenes is 1. The number of hydrogen-bond donors (Lipinski definition) is 3. The Morgan fingerprint density at radius 3 is 1.60 bits per heavy atom. The molecule has 14 nitrogen and oxygen atoms in total. The minimum absolute atomic E-state index is 0.0251. The highest BCUT2D eigenvalue weighted by atomic mass is 17.2. The van der Waals surface area contributed by atoms with Crippen LogP contribution in [0.25, 0.3) is 0 Å². The number of hydrogen-bond acceptors (Lipinski definition) is 12. The third-order valence-corrected chi connectivity index (χ3v) is 8.54. The normalized spacial score (nSPS) is 10.5. The Morgan fingerprint density at radius 1 is 0.556 bits per heavy atom. The van der Waals surface area contributed by atoms with E-state index in [-0.39, 0.29) is 41.4 Å². The van der Waals surface area contributed by atoms with Gasteiger partial charge in [-0.25, -0.2) is 14.4 Å². The molecule has 324 valence electrons. The molecule has 0 spiro atoms. The maximum Gasteiger partial charge on any atom is 0.344 e. The van der Waals surface area contributed by atoms with Crippen LogP contribution < -0.4 is 33.3 Å². The second-order valence-electron chi connectivity index (χ2n) is 14.1. The first kappa shape index (κ1) is 45.9. The highest BCUT2D eigenvalue weighted by Crippen LogP contribution is 2.26. The van der Waals surface area contributed by atoms with Crippen molar-refractivity contribution >= 4 is 17.9 Å². The molecule has 0 aliphatic rings. The van der Waals surface area contributed by atoms with Gasteiger partial charge in [-0.2, -0.15) is 4.89 Å². The summed E-state index contributed by atoms with van der Waals surface area (Å²) in [6, 6.07) is 39.5. The number of benzene rings is 6. The summed E-state index contributed by atoms with van der Waals surface area (Å²) in [7, 11) is 0. The minimum atomic E-state index is -1.34. The number of carboxylic acids is 2. The van der Waals surface area contributed by atoms with Crippen LogP contribution in [0.3, 0.4) is 0 Å². The van der Waals surface area contributed by atoms with Gasteiger partial charge in [-0.15, -0.1) is 0 Å². The molecule has 3 N–H and O–H groups in total. The average molecular weight is 857 g/mol. The zero-order valence-corrected chi connectivity index (χ0v) is 34.3. The van der Waals surface area contributed by atoms with Crippen molar-refractivity contribution in [2.24, 2.45) is 5.41 Å². The van der Waals surface area contributed by atoms with Crippen molar-refractivity contribution in [3.8, 4) is 58.5 Å². The van der Waals surface area contributed by atoms with Crippen LogP contribution in [0.5, 0.6) is 46.0 Å². The van der Waals surface area contributed by atoms with Crippen molar-refractivity contribution in [1.82, 2.24) is 0 Å². The van der Waals surface area contributed by atoms with Crippen LogP contribution in [0.15, 0.2) is 146 Å². The van der Waals surface area contributed by atoms with Gasteiger partial charge in [0, 0.05) is 5.41 Å². The fourth-order valence-corrected chi connectivity index (χ4v) is 5.36. The minimum Gasteiger partial charge on any atom is -0.508 e. The number of aromatic hydroxyl groups is 1. The van der Waals surface area contributed by atoms with E-state index in [4.69, 9.17) is 49.7 Å². The summed E-state index contributed by atoms with van der Waals surface area (Å²) in [5, 5.41) is 27.9. The predicted octanol–water partition coefficient (Wildman–Crippen LogP) is 9.12. The quantitative estimate of drug-likeness (QED) is 0.0165. The van der Waals surface area contributed by atoms with Gasteiger partial charge in [0.1, 0.15) is 66.2 Å². The molecule has 6 aromatic rings. The van der Waals surface area contributed by atoms with E-state index in [9.17, 15) is 24.6 Å². The molecule has 0 heterocycles. The van der Waals surface area contributed by atoms with Crippen molar-refractivity contribution in [3.05, 3.63) is 168 Å². The van der Waals surface area contributed by atoms with Crippen LogP contribution in [0.1, 0.15) is 50.5 Å². The van der Waals surface area contributed by atoms with Crippen molar-refractivity contribution in [2.45, 2.75) is 20.5 Å². The van der Waals surface area contributed by atoms with Gasteiger partial charge in [-0.1, -0.05) is 62.7 Å². The van der Waals surface area contributed by atoms with Crippen molar-refractivity contribution < 1.29 is 67.9 Å². The van der Waals surface area contributed by atoms with E-state index in [0.29, 0.717) is 59.9 Å². The largest absolute Gasteiger partial charge is 0.508 e. The lowest BCUT2D eigenvalue weighted by Gasteiger charge is -2.25.